The predicted octanol–water partition coefficient (Wildman–Crippen LogP) is 1.08. The van der Waals surface area contributed by atoms with E-state index in [1.54, 1.807) is 0 Å². The van der Waals surface area contributed by atoms with Crippen molar-refractivity contribution in [3.8, 4) is 0 Å². The molecule has 2 fully saturated rings. The SMILES string of the molecule is O=C(O)CC1(NC(=O)NN2CCCCC2)CCC1. The van der Waals surface area contributed by atoms with Crippen molar-refractivity contribution in [1.82, 2.24) is 15.8 Å². The molecule has 1 aliphatic heterocycles. The van der Waals surface area contributed by atoms with Crippen molar-refractivity contribution < 1.29 is 14.7 Å². The summed E-state index contributed by atoms with van der Waals surface area (Å²) in [5.41, 5.74) is 2.28. The summed E-state index contributed by atoms with van der Waals surface area (Å²) in [5.74, 6) is -0.854. The molecule has 1 aliphatic carbocycles. The topological polar surface area (TPSA) is 81.7 Å². The third-order valence-corrected chi connectivity index (χ3v) is 3.79. The Balaban J connectivity index is 1.80. The summed E-state index contributed by atoms with van der Waals surface area (Å²) < 4.78 is 0. The Labute approximate surface area is 107 Å². The highest BCUT2D eigenvalue weighted by Crippen LogP contribution is 2.34. The van der Waals surface area contributed by atoms with Crippen LogP contribution >= 0.6 is 0 Å². The summed E-state index contributed by atoms with van der Waals surface area (Å²) in [4.78, 5) is 22.6. The lowest BCUT2D eigenvalue weighted by molar-refractivity contribution is -0.139. The van der Waals surface area contributed by atoms with E-state index in [1.807, 2.05) is 5.01 Å². The van der Waals surface area contributed by atoms with Crippen molar-refractivity contribution in [1.29, 1.82) is 0 Å². The normalized spacial score (nSPS) is 22.9. The molecule has 2 aliphatic rings. The van der Waals surface area contributed by atoms with E-state index in [-0.39, 0.29) is 12.5 Å². The second-order valence-electron chi connectivity index (χ2n) is 5.32. The van der Waals surface area contributed by atoms with Crippen molar-refractivity contribution in [2.45, 2.75) is 50.5 Å². The number of amides is 2. The minimum atomic E-state index is -0.854. The first-order valence-corrected chi connectivity index (χ1v) is 6.65. The quantitative estimate of drug-likeness (QED) is 0.702. The number of hydrogen-bond donors (Lipinski definition) is 3. The van der Waals surface area contributed by atoms with Crippen LogP contribution in [0, 0.1) is 0 Å². The Morgan fingerprint density at radius 3 is 2.28 bits per heavy atom. The lowest BCUT2D eigenvalue weighted by atomic mass is 9.74. The molecule has 2 amide bonds. The molecule has 102 valence electrons. The van der Waals surface area contributed by atoms with Crippen LogP contribution in [-0.4, -0.2) is 40.7 Å². The third kappa shape index (κ3) is 3.35. The summed E-state index contributed by atoms with van der Waals surface area (Å²) in [7, 11) is 0. The van der Waals surface area contributed by atoms with E-state index in [2.05, 4.69) is 10.7 Å². The van der Waals surface area contributed by atoms with Crippen molar-refractivity contribution in [2.24, 2.45) is 0 Å². The van der Waals surface area contributed by atoms with E-state index >= 15 is 0 Å². The Hall–Kier alpha value is -1.30. The van der Waals surface area contributed by atoms with E-state index in [9.17, 15) is 9.59 Å². The number of urea groups is 1. The zero-order valence-corrected chi connectivity index (χ0v) is 10.6. The molecule has 0 aromatic heterocycles. The average Bonchev–Trinajstić information content (AvgIpc) is 2.26. The molecule has 3 N–H and O–H groups in total. The second kappa shape index (κ2) is 5.56. The number of aliphatic carboxylic acids is 1. The van der Waals surface area contributed by atoms with Gasteiger partial charge in [0.05, 0.1) is 12.0 Å². The molecule has 0 atom stereocenters. The molecule has 0 spiro atoms. The number of rotatable bonds is 4. The molecule has 0 unspecified atom stereocenters. The number of hydrogen-bond acceptors (Lipinski definition) is 3. The smallest absolute Gasteiger partial charge is 0.329 e. The molecule has 6 nitrogen and oxygen atoms in total. The van der Waals surface area contributed by atoms with Gasteiger partial charge in [0.2, 0.25) is 0 Å². The van der Waals surface area contributed by atoms with Crippen LogP contribution in [0.1, 0.15) is 44.9 Å². The minimum absolute atomic E-state index is 0.0143. The van der Waals surface area contributed by atoms with Gasteiger partial charge in [-0.3, -0.25) is 10.2 Å². The molecule has 0 aromatic rings. The zero-order chi connectivity index (χ0) is 13.0. The number of carboxylic acid groups (broad SMARTS) is 1. The van der Waals surface area contributed by atoms with Gasteiger partial charge < -0.3 is 10.4 Å². The predicted molar refractivity (Wildman–Crippen MR) is 65.9 cm³/mol. The Morgan fingerprint density at radius 1 is 1.11 bits per heavy atom. The maximum absolute atomic E-state index is 11.8. The van der Waals surface area contributed by atoms with Crippen molar-refractivity contribution in [3.63, 3.8) is 0 Å². The summed E-state index contributed by atoms with van der Waals surface area (Å²) in [6.45, 7) is 1.75. The fourth-order valence-electron chi connectivity index (χ4n) is 2.66. The van der Waals surface area contributed by atoms with Crippen LogP contribution in [0.3, 0.4) is 0 Å². The average molecular weight is 255 g/mol. The molecular formula is C12H21N3O3. The van der Waals surface area contributed by atoms with Crippen LogP contribution in [0.5, 0.6) is 0 Å². The molecular weight excluding hydrogens is 234 g/mol. The van der Waals surface area contributed by atoms with Gasteiger partial charge in [0.25, 0.3) is 0 Å². The maximum Gasteiger partial charge on any atom is 0.329 e. The van der Waals surface area contributed by atoms with Crippen LogP contribution in [0.2, 0.25) is 0 Å². The second-order valence-corrected chi connectivity index (χ2v) is 5.32. The highest BCUT2D eigenvalue weighted by Gasteiger charge is 2.40. The van der Waals surface area contributed by atoms with Gasteiger partial charge in [-0.05, 0) is 32.1 Å². The largest absolute Gasteiger partial charge is 0.481 e. The molecule has 6 heteroatoms. The van der Waals surface area contributed by atoms with Crippen LogP contribution in [0.4, 0.5) is 4.79 Å². The van der Waals surface area contributed by atoms with E-state index in [4.69, 9.17) is 5.11 Å². The van der Waals surface area contributed by atoms with Gasteiger partial charge in [-0.25, -0.2) is 9.80 Å². The van der Waals surface area contributed by atoms with Gasteiger partial charge in [-0.2, -0.15) is 0 Å². The highest BCUT2D eigenvalue weighted by atomic mass is 16.4. The number of hydrazine groups is 1. The van der Waals surface area contributed by atoms with Crippen molar-refractivity contribution in [2.75, 3.05) is 13.1 Å². The Morgan fingerprint density at radius 2 is 1.78 bits per heavy atom. The number of piperidine rings is 1. The minimum Gasteiger partial charge on any atom is -0.481 e. The molecule has 1 saturated carbocycles. The number of carboxylic acids is 1. The van der Waals surface area contributed by atoms with Gasteiger partial charge in [-0.15, -0.1) is 0 Å². The molecule has 1 heterocycles. The first kappa shape index (κ1) is 13.1. The molecule has 0 radical (unpaired) electrons. The van der Waals surface area contributed by atoms with Crippen molar-refractivity contribution in [3.05, 3.63) is 0 Å². The van der Waals surface area contributed by atoms with Gasteiger partial charge in [0, 0.05) is 13.1 Å². The monoisotopic (exact) mass is 255 g/mol. The first-order chi connectivity index (χ1) is 8.60. The van der Waals surface area contributed by atoms with Gasteiger partial charge >= 0.3 is 12.0 Å². The van der Waals surface area contributed by atoms with E-state index in [0.29, 0.717) is 0 Å². The summed E-state index contributed by atoms with van der Waals surface area (Å²) in [6.07, 6.45) is 5.92. The summed E-state index contributed by atoms with van der Waals surface area (Å²) in [6, 6.07) is -0.266. The lowest BCUT2D eigenvalue weighted by Crippen LogP contribution is -2.60. The summed E-state index contributed by atoms with van der Waals surface area (Å²) in [5, 5.41) is 13.6. The number of carbonyl (C=O) groups is 2. The van der Waals surface area contributed by atoms with Gasteiger partial charge in [0.1, 0.15) is 0 Å². The van der Waals surface area contributed by atoms with E-state index in [1.165, 1.54) is 6.42 Å². The third-order valence-electron chi connectivity index (χ3n) is 3.79. The fraction of sp³-hybridized carbons (Fsp3) is 0.833. The Bertz CT molecular complexity index is 323. The number of nitrogens with one attached hydrogen (secondary N) is 2. The zero-order valence-electron chi connectivity index (χ0n) is 10.6. The molecule has 1 saturated heterocycles. The molecule has 18 heavy (non-hydrogen) atoms. The van der Waals surface area contributed by atoms with Crippen LogP contribution in [0.15, 0.2) is 0 Å². The van der Waals surface area contributed by atoms with E-state index in [0.717, 1.165) is 45.2 Å². The standard InChI is InChI=1S/C12H21N3O3/c16-10(17)9-12(5-4-6-12)13-11(18)14-15-7-2-1-3-8-15/h1-9H2,(H,16,17)(H2,13,14,18). The van der Waals surface area contributed by atoms with Crippen molar-refractivity contribution >= 4 is 12.0 Å². The van der Waals surface area contributed by atoms with Crippen LogP contribution in [-0.2, 0) is 4.79 Å². The molecule has 2 rings (SSSR count). The van der Waals surface area contributed by atoms with E-state index < -0.39 is 11.5 Å². The summed E-state index contributed by atoms with van der Waals surface area (Å²) >= 11 is 0. The number of nitrogens with zero attached hydrogens (tertiary/aromatic N) is 1. The lowest BCUT2D eigenvalue weighted by Gasteiger charge is -2.42. The van der Waals surface area contributed by atoms with Crippen LogP contribution < -0.4 is 10.7 Å². The van der Waals surface area contributed by atoms with Gasteiger partial charge in [0.15, 0.2) is 0 Å². The van der Waals surface area contributed by atoms with Gasteiger partial charge in [-0.1, -0.05) is 6.42 Å². The first-order valence-electron chi connectivity index (χ1n) is 6.65. The molecule has 0 bridgehead atoms. The highest BCUT2D eigenvalue weighted by molar-refractivity contribution is 5.76. The number of carbonyl (C=O) groups excluding carboxylic acids is 1. The molecule has 0 aromatic carbocycles. The van der Waals surface area contributed by atoms with Crippen LogP contribution in [0.25, 0.3) is 0 Å². The maximum atomic E-state index is 11.8. The fourth-order valence-corrected chi connectivity index (χ4v) is 2.66. The Kier molecular flexibility index (Phi) is 4.06.